The average molecular weight is 281 g/mol. The van der Waals surface area contributed by atoms with Crippen LogP contribution in [0.2, 0.25) is 0 Å². The smallest absolute Gasteiger partial charge is 0.337 e. The number of rotatable bonds is 3. The first-order valence-corrected chi connectivity index (χ1v) is 5.64. The van der Waals surface area contributed by atoms with Gasteiger partial charge >= 0.3 is 5.97 Å². The molecule has 2 aromatic rings. The third-order valence-corrected chi connectivity index (χ3v) is 2.71. The summed E-state index contributed by atoms with van der Waals surface area (Å²) in [6.45, 7) is 1.70. The van der Waals surface area contributed by atoms with Crippen molar-refractivity contribution in [2.75, 3.05) is 5.32 Å². The summed E-state index contributed by atoms with van der Waals surface area (Å²) in [6.07, 6.45) is 0. The number of nitrogens with one attached hydrogen (secondary N) is 1. The largest absolute Gasteiger partial charge is 0.478 e. The highest BCUT2D eigenvalue weighted by atomic mass is 19.2. The lowest BCUT2D eigenvalue weighted by molar-refractivity contribution is 0.0698. The Balaban J connectivity index is 2.45. The molecule has 0 bridgehead atoms. The van der Waals surface area contributed by atoms with Gasteiger partial charge in [-0.3, -0.25) is 0 Å². The van der Waals surface area contributed by atoms with Crippen LogP contribution in [0.25, 0.3) is 0 Å². The zero-order valence-corrected chi connectivity index (χ0v) is 10.4. The topological polar surface area (TPSA) is 49.3 Å². The summed E-state index contributed by atoms with van der Waals surface area (Å²) in [4.78, 5) is 11.1. The number of carbonyl (C=O) groups is 1. The first-order chi connectivity index (χ1) is 9.40. The maximum absolute atomic E-state index is 13.5. The van der Waals surface area contributed by atoms with Gasteiger partial charge < -0.3 is 10.4 Å². The fraction of sp³-hybridized carbons (Fsp3) is 0.0714. The van der Waals surface area contributed by atoms with Crippen LogP contribution in [-0.2, 0) is 0 Å². The minimum Gasteiger partial charge on any atom is -0.478 e. The summed E-state index contributed by atoms with van der Waals surface area (Å²) < 4.78 is 39.5. The Morgan fingerprint density at radius 1 is 1.05 bits per heavy atom. The molecule has 0 aromatic heterocycles. The molecule has 2 aromatic carbocycles. The molecule has 104 valence electrons. The average Bonchev–Trinajstić information content (AvgIpc) is 2.41. The van der Waals surface area contributed by atoms with Crippen LogP contribution in [-0.4, -0.2) is 11.1 Å². The fourth-order valence-electron chi connectivity index (χ4n) is 1.71. The van der Waals surface area contributed by atoms with Gasteiger partial charge in [-0.15, -0.1) is 0 Å². The van der Waals surface area contributed by atoms with Crippen molar-refractivity contribution >= 4 is 17.3 Å². The highest BCUT2D eigenvalue weighted by Gasteiger charge is 2.16. The lowest BCUT2D eigenvalue weighted by Crippen LogP contribution is -2.05. The van der Waals surface area contributed by atoms with Crippen molar-refractivity contribution < 1.29 is 23.1 Å². The van der Waals surface area contributed by atoms with Gasteiger partial charge in [-0.25, -0.2) is 18.0 Å². The first-order valence-electron chi connectivity index (χ1n) is 5.64. The lowest BCUT2D eigenvalue weighted by atomic mass is 10.1. The van der Waals surface area contributed by atoms with E-state index in [-0.39, 0.29) is 16.9 Å². The molecule has 3 nitrogen and oxygen atoms in total. The summed E-state index contributed by atoms with van der Waals surface area (Å²) in [5.74, 6) is -5.53. The molecule has 2 rings (SSSR count). The predicted molar refractivity (Wildman–Crippen MR) is 67.7 cm³/mol. The molecule has 0 amide bonds. The van der Waals surface area contributed by atoms with Crippen LogP contribution in [0.1, 0.15) is 15.9 Å². The number of aromatic carboxylic acids is 1. The molecule has 0 saturated carbocycles. The SMILES string of the molecule is Cc1ccc(Nc2ccc(F)c(F)c2F)c(C(=O)O)c1. The molecule has 2 N–H and O–H groups in total. The van der Waals surface area contributed by atoms with Crippen molar-refractivity contribution in [2.24, 2.45) is 0 Å². The van der Waals surface area contributed by atoms with E-state index in [4.69, 9.17) is 5.11 Å². The van der Waals surface area contributed by atoms with Crippen molar-refractivity contribution in [3.63, 3.8) is 0 Å². The van der Waals surface area contributed by atoms with Gasteiger partial charge in [-0.2, -0.15) is 0 Å². The standard InChI is InChI=1S/C14H10F3NO2/c1-7-2-4-10(8(6-7)14(19)20)18-11-5-3-9(15)12(16)13(11)17/h2-6,18H,1H3,(H,19,20). The van der Waals surface area contributed by atoms with Crippen molar-refractivity contribution in [1.82, 2.24) is 0 Å². The number of carboxylic acids is 1. The number of benzene rings is 2. The van der Waals surface area contributed by atoms with E-state index >= 15 is 0 Å². The van der Waals surface area contributed by atoms with Crippen LogP contribution in [0, 0.1) is 24.4 Å². The van der Waals surface area contributed by atoms with Gasteiger partial charge in [0.1, 0.15) is 0 Å². The van der Waals surface area contributed by atoms with E-state index in [9.17, 15) is 18.0 Å². The van der Waals surface area contributed by atoms with Gasteiger partial charge in [-0.1, -0.05) is 11.6 Å². The van der Waals surface area contributed by atoms with E-state index in [1.165, 1.54) is 12.1 Å². The second kappa shape index (κ2) is 5.24. The fourth-order valence-corrected chi connectivity index (χ4v) is 1.71. The molecular formula is C14H10F3NO2. The summed E-state index contributed by atoms with van der Waals surface area (Å²) >= 11 is 0. The van der Waals surface area contributed by atoms with Crippen LogP contribution in [0.15, 0.2) is 30.3 Å². The van der Waals surface area contributed by atoms with Gasteiger partial charge in [0, 0.05) is 0 Å². The Labute approximate surface area is 112 Å². The van der Waals surface area contributed by atoms with Crippen molar-refractivity contribution in [3.05, 3.63) is 58.9 Å². The molecule has 0 heterocycles. The molecule has 0 saturated heterocycles. The molecule has 0 aliphatic heterocycles. The Morgan fingerprint density at radius 2 is 1.70 bits per heavy atom. The van der Waals surface area contributed by atoms with Crippen molar-refractivity contribution in [3.8, 4) is 0 Å². The molecular weight excluding hydrogens is 271 g/mol. The molecule has 0 atom stereocenters. The molecule has 20 heavy (non-hydrogen) atoms. The summed E-state index contributed by atoms with van der Waals surface area (Å²) in [5, 5.41) is 11.5. The van der Waals surface area contributed by atoms with E-state index in [0.717, 1.165) is 12.1 Å². The first kappa shape index (κ1) is 13.9. The highest BCUT2D eigenvalue weighted by Crippen LogP contribution is 2.26. The molecule has 0 aliphatic carbocycles. The Morgan fingerprint density at radius 3 is 2.35 bits per heavy atom. The summed E-state index contributed by atoms with van der Waals surface area (Å²) in [6, 6.07) is 6.20. The number of anilines is 2. The van der Waals surface area contributed by atoms with Crippen LogP contribution in [0.5, 0.6) is 0 Å². The molecule has 0 unspecified atom stereocenters. The third-order valence-electron chi connectivity index (χ3n) is 2.71. The summed E-state index contributed by atoms with van der Waals surface area (Å²) in [5.41, 5.74) is 0.371. The quantitative estimate of drug-likeness (QED) is 0.840. The predicted octanol–water partition coefficient (Wildman–Crippen LogP) is 3.85. The third kappa shape index (κ3) is 2.59. The molecule has 6 heteroatoms. The van der Waals surface area contributed by atoms with Crippen LogP contribution in [0.4, 0.5) is 24.5 Å². The van der Waals surface area contributed by atoms with E-state index in [2.05, 4.69) is 5.32 Å². The zero-order valence-electron chi connectivity index (χ0n) is 10.4. The second-order valence-corrected chi connectivity index (χ2v) is 4.20. The Bertz CT molecular complexity index is 686. The van der Waals surface area contributed by atoms with E-state index in [1.807, 2.05) is 0 Å². The van der Waals surface area contributed by atoms with Gasteiger partial charge in [0.15, 0.2) is 17.5 Å². The van der Waals surface area contributed by atoms with Gasteiger partial charge in [0.25, 0.3) is 0 Å². The van der Waals surface area contributed by atoms with Crippen LogP contribution >= 0.6 is 0 Å². The van der Waals surface area contributed by atoms with E-state index in [0.29, 0.717) is 5.56 Å². The molecule has 0 aliphatic rings. The normalized spacial score (nSPS) is 10.4. The number of carboxylic acid groups (broad SMARTS) is 1. The Hall–Kier alpha value is -2.50. The van der Waals surface area contributed by atoms with Gasteiger partial charge in [0.2, 0.25) is 0 Å². The second-order valence-electron chi connectivity index (χ2n) is 4.20. The van der Waals surface area contributed by atoms with Gasteiger partial charge in [-0.05, 0) is 31.2 Å². The minimum absolute atomic E-state index is 0.0888. The van der Waals surface area contributed by atoms with Crippen LogP contribution < -0.4 is 5.32 Å². The molecule has 0 spiro atoms. The van der Waals surface area contributed by atoms with Crippen molar-refractivity contribution in [2.45, 2.75) is 6.92 Å². The summed E-state index contributed by atoms with van der Waals surface area (Å²) in [7, 11) is 0. The maximum atomic E-state index is 13.5. The zero-order chi connectivity index (χ0) is 14.9. The van der Waals surface area contributed by atoms with Crippen LogP contribution in [0.3, 0.4) is 0 Å². The number of halogens is 3. The monoisotopic (exact) mass is 281 g/mol. The lowest BCUT2D eigenvalue weighted by Gasteiger charge is -2.11. The number of hydrogen-bond acceptors (Lipinski definition) is 2. The molecule has 0 fully saturated rings. The van der Waals surface area contributed by atoms with Gasteiger partial charge in [0.05, 0.1) is 16.9 Å². The number of aryl methyl sites for hydroxylation is 1. The Kier molecular flexibility index (Phi) is 3.65. The van der Waals surface area contributed by atoms with Crippen molar-refractivity contribution in [1.29, 1.82) is 0 Å². The minimum atomic E-state index is -1.61. The molecule has 0 radical (unpaired) electrons. The number of hydrogen-bond donors (Lipinski definition) is 2. The highest BCUT2D eigenvalue weighted by molar-refractivity contribution is 5.95. The van der Waals surface area contributed by atoms with E-state index < -0.39 is 23.4 Å². The maximum Gasteiger partial charge on any atom is 0.337 e. The van der Waals surface area contributed by atoms with E-state index in [1.54, 1.807) is 13.0 Å².